The molecule has 1 amide bonds. The number of amides is 1. The van der Waals surface area contributed by atoms with Gasteiger partial charge in [-0.2, -0.15) is 0 Å². The van der Waals surface area contributed by atoms with Gasteiger partial charge in [-0.15, -0.1) is 11.8 Å². The quantitative estimate of drug-likeness (QED) is 0.736. The fourth-order valence-corrected chi connectivity index (χ4v) is 2.22. The van der Waals surface area contributed by atoms with Gasteiger partial charge in [-0.1, -0.05) is 12.8 Å². The first-order valence-corrected chi connectivity index (χ1v) is 6.66. The number of rotatable bonds is 4. The molecule has 1 saturated carbocycles. The zero-order valence-corrected chi connectivity index (χ0v) is 10.1. The van der Waals surface area contributed by atoms with Crippen LogP contribution in [0.4, 0.5) is 0 Å². The van der Waals surface area contributed by atoms with E-state index in [4.69, 9.17) is 5.11 Å². The van der Waals surface area contributed by atoms with E-state index in [1.54, 1.807) is 5.41 Å². The van der Waals surface area contributed by atoms with E-state index in [-0.39, 0.29) is 11.9 Å². The Hall–Kier alpha value is -0.970. The van der Waals surface area contributed by atoms with Gasteiger partial charge >= 0.3 is 5.97 Å². The summed E-state index contributed by atoms with van der Waals surface area (Å²) >= 11 is 1.44. The fourth-order valence-electron chi connectivity index (χ4n) is 1.96. The molecule has 0 aliphatic heterocycles. The first kappa shape index (κ1) is 13.1. The van der Waals surface area contributed by atoms with Crippen molar-refractivity contribution in [1.29, 1.82) is 0 Å². The van der Waals surface area contributed by atoms with Crippen molar-refractivity contribution in [3.05, 3.63) is 11.5 Å². The number of carbonyl (C=O) groups is 2. The largest absolute Gasteiger partial charge is 0.481 e. The smallest absolute Gasteiger partial charge is 0.308 e. The summed E-state index contributed by atoms with van der Waals surface area (Å²) in [4.78, 5) is 22.4. The molecule has 5 heteroatoms. The molecule has 2 N–H and O–H groups in total. The number of hydrogen-bond donors (Lipinski definition) is 2. The van der Waals surface area contributed by atoms with Crippen LogP contribution in [0.15, 0.2) is 11.5 Å². The van der Waals surface area contributed by atoms with Gasteiger partial charge in [0.2, 0.25) is 5.91 Å². The average molecular weight is 243 g/mol. The highest BCUT2D eigenvalue weighted by Crippen LogP contribution is 2.24. The Balaban J connectivity index is 2.52. The lowest BCUT2D eigenvalue weighted by atomic mass is 9.84. The van der Waals surface area contributed by atoms with Crippen LogP contribution in [-0.2, 0) is 9.59 Å². The van der Waals surface area contributed by atoms with Gasteiger partial charge in [0.05, 0.1) is 5.92 Å². The summed E-state index contributed by atoms with van der Waals surface area (Å²) in [5.41, 5.74) is 0. The van der Waals surface area contributed by atoms with Gasteiger partial charge in [-0.25, -0.2) is 0 Å². The normalized spacial score (nSPS) is 25.6. The number of hydrogen-bond acceptors (Lipinski definition) is 3. The summed E-state index contributed by atoms with van der Waals surface area (Å²) in [5, 5.41) is 13.5. The fraction of sp³-hybridized carbons (Fsp3) is 0.636. The number of thioether (sulfide) groups is 1. The van der Waals surface area contributed by atoms with E-state index in [2.05, 4.69) is 5.32 Å². The van der Waals surface area contributed by atoms with Gasteiger partial charge in [0, 0.05) is 12.1 Å². The number of carboxylic acids is 1. The van der Waals surface area contributed by atoms with E-state index in [1.807, 2.05) is 6.26 Å². The highest BCUT2D eigenvalue weighted by molar-refractivity contribution is 8.01. The highest BCUT2D eigenvalue weighted by atomic mass is 32.2. The molecule has 2 atom stereocenters. The Morgan fingerprint density at radius 2 is 2.06 bits per heavy atom. The SMILES string of the molecule is CS/C=C/C(=O)NC1CCCCC1C(=O)O. The third-order valence-corrected chi connectivity index (χ3v) is 3.17. The van der Waals surface area contributed by atoms with Gasteiger partial charge in [-0.3, -0.25) is 9.59 Å². The number of nitrogens with one attached hydrogen (secondary N) is 1. The molecule has 0 aromatic carbocycles. The summed E-state index contributed by atoms with van der Waals surface area (Å²) in [7, 11) is 0. The topological polar surface area (TPSA) is 66.4 Å². The molecule has 0 heterocycles. The molecule has 0 spiro atoms. The van der Waals surface area contributed by atoms with Crippen molar-refractivity contribution >= 4 is 23.6 Å². The summed E-state index contributed by atoms with van der Waals surface area (Å²) in [6, 6.07) is -0.217. The second kappa shape index (κ2) is 6.58. The van der Waals surface area contributed by atoms with Crippen molar-refractivity contribution in [2.24, 2.45) is 5.92 Å². The molecule has 1 aliphatic carbocycles. The molecule has 0 saturated heterocycles. The maximum Gasteiger partial charge on any atom is 0.308 e. The van der Waals surface area contributed by atoms with E-state index in [0.29, 0.717) is 6.42 Å². The Labute approximate surface area is 99.5 Å². The minimum Gasteiger partial charge on any atom is -0.481 e. The molecule has 4 nitrogen and oxygen atoms in total. The Bertz CT molecular complexity index is 291. The second-order valence-corrected chi connectivity index (χ2v) is 4.63. The van der Waals surface area contributed by atoms with E-state index in [9.17, 15) is 9.59 Å². The zero-order chi connectivity index (χ0) is 12.0. The molecule has 1 rings (SSSR count). The molecule has 2 unspecified atom stereocenters. The van der Waals surface area contributed by atoms with Crippen molar-refractivity contribution in [1.82, 2.24) is 5.32 Å². The maximum absolute atomic E-state index is 11.4. The highest BCUT2D eigenvalue weighted by Gasteiger charge is 2.31. The van der Waals surface area contributed by atoms with Crippen LogP contribution >= 0.6 is 11.8 Å². The standard InChI is InChI=1S/C11H17NO3S/c1-16-7-6-10(13)12-9-5-3-2-4-8(9)11(14)15/h6-9H,2-5H2,1H3,(H,12,13)(H,14,15)/b7-6+. The molecule has 1 aliphatic rings. The van der Waals surface area contributed by atoms with Gasteiger partial charge in [0.1, 0.15) is 0 Å². The van der Waals surface area contributed by atoms with Crippen molar-refractivity contribution in [3.63, 3.8) is 0 Å². The molecule has 16 heavy (non-hydrogen) atoms. The van der Waals surface area contributed by atoms with Crippen molar-refractivity contribution in [2.45, 2.75) is 31.7 Å². The van der Waals surface area contributed by atoms with Gasteiger partial charge < -0.3 is 10.4 Å². The first-order valence-electron chi connectivity index (χ1n) is 5.37. The average Bonchev–Trinajstić information content (AvgIpc) is 2.27. The van der Waals surface area contributed by atoms with Crippen molar-refractivity contribution in [3.8, 4) is 0 Å². The van der Waals surface area contributed by atoms with E-state index < -0.39 is 11.9 Å². The molecular formula is C11H17NO3S. The van der Waals surface area contributed by atoms with Crippen LogP contribution in [0.5, 0.6) is 0 Å². The summed E-state index contributed by atoms with van der Waals surface area (Å²) in [5.74, 6) is -1.44. The van der Waals surface area contributed by atoms with Crippen LogP contribution < -0.4 is 5.32 Å². The third-order valence-electron chi connectivity index (χ3n) is 2.77. The molecule has 0 aromatic rings. The van der Waals surface area contributed by atoms with Crippen LogP contribution in [0.2, 0.25) is 0 Å². The number of aliphatic carboxylic acids is 1. The van der Waals surface area contributed by atoms with Crippen molar-refractivity contribution in [2.75, 3.05) is 6.26 Å². The van der Waals surface area contributed by atoms with E-state index in [0.717, 1.165) is 19.3 Å². The lowest BCUT2D eigenvalue weighted by Gasteiger charge is -2.28. The Morgan fingerprint density at radius 3 is 2.69 bits per heavy atom. The Morgan fingerprint density at radius 1 is 1.38 bits per heavy atom. The van der Waals surface area contributed by atoms with Crippen LogP contribution in [0.3, 0.4) is 0 Å². The zero-order valence-electron chi connectivity index (χ0n) is 9.31. The summed E-state index contributed by atoms with van der Waals surface area (Å²) < 4.78 is 0. The lowest BCUT2D eigenvalue weighted by Crippen LogP contribution is -2.44. The predicted octanol–water partition coefficient (Wildman–Crippen LogP) is 1.62. The summed E-state index contributed by atoms with van der Waals surface area (Å²) in [6.45, 7) is 0. The van der Waals surface area contributed by atoms with Crippen LogP contribution in [0.25, 0.3) is 0 Å². The Kier molecular flexibility index (Phi) is 5.38. The van der Waals surface area contributed by atoms with Crippen LogP contribution in [-0.4, -0.2) is 29.3 Å². The monoisotopic (exact) mass is 243 g/mol. The first-order chi connectivity index (χ1) is 7.65. The van der Waals surface area contributed by atoms with Crippen molar-refractivity contribution < 1.29 is 14.7 Å². The number of carboxylic acid groups (broad SMARTS) is 1. The van der Waals surface area contributed by atoms with Gasteiger partial charge in [0.15, 0.2) is 0 Å². The molecule has 1 fully saturated rings. The third kappa shape index (κ3) is 3.89. The molecule has 0 bridgehead atoms. The van der Waals surface area contributed by atoms with Crippen LogP contribution in [0, 0.1) is 5.92 Å². The van der Waals surface area contributed by atoms with E-state index >= 15 is 0 Å². The maximum atomic E-state index is 11.4. The molecule has 90 valence electrons. The summed E-state index contributed by atoms with van der Waals surface area (Å²) in [6.07, 6.45) is 6.65. The minimum atomic E-state index is -0.807. The van der Waals surface area contributed by atoms with Gasteiger partial charge in [-0.05, 0) is 24.5 Å². The molecular weight excluding hydrogens is 226 g/mol. The second-order valence-electron chi connectivity index (χ2n) is 3.88. The molecule has 0 aromatic heterocycles. The lowest BCUT2D eigenvalue weighted by molar-refractivity contribution is -0.144. The van der Waals surface area contributed by atoms with E-state index in [1.165, 1.54) is 17.8 Å². The number of carbonyl (C=O) groups excluding carboxylic acids is 1. The molecule has 0 radical (unpaired) electrons. The predicted molar refractivity (Wildman–Crippen MR) is 64.2 cm³/mol. The van der Waals surface area contributed by atoms with Crippen LogP contribution in [0.1, 0.15) is 25.7 Å². The van der Waals surface area contributed by atoms with Gasteiger partial charge in [0.25, 0.3) is 0 Å². The minimum absolute atomic E-state index is 0.201.